The molecule has 4 rings (SSSR count). The highest BCUT2D eigenvalue weighted by Gasteiger charge is 2.32. The number of amides is 1. The average molecular weight is 423 g/mol. The van der Waals surface area contributed by atoms with E-state index in [1.807, 2.05) is 0 Å². The SMILES string of the molecule is O=C(CS(=O)(=O)c1ccc(F)cc1)Nc1cccc2c1C(=O)c1ccccc1C2=O. The van der Waals surface area contributed by atoms with E-state index < -0.39 is 33.1 Å². The minimum Gasteiger partial charge on any atom is -0.324 e. The van der Waals surface area contributed by atoms with Crippen molar-refractivity contribution in [1.29, 1.82) is 0 Å². The number of fused-ring (bicyclic) bond motifs is 2. The summed E-state index contributed by atoms with van der Waals surface area (Å²) in [6.07, 6.45) is 0. The first-order valence-corrected chi connectivity index (χ1v) is 10.5. The molecule has 0 saturated carbocycles. The van der Waals surface area contributed by atoms with Gasteiger partial charge in [-0.1, -0.05) is 36.4 Å². The number of carbonyl (C=O) groups excluding carboxylic acids is 3. The Morgan fingerprint density at radius 2 is 1.40 bits per heavy atom. The number of rotatable bonds is 4. The van der Waals surface area contributed by atoms with Gasteiger partial charge in [0.2, 0.25) is 5.91 Å². The minimum absolute atomic E-state index is 0.0220. The highest BCUT2D eigenvalue weighted by molar-refractivity contribution is 7.92. The molecule has 0 aromatic heterocycles. The molecule has 30 heavy (non-hydrogen) atoms. The first-order valence-electron chi connectivity index (χ1n) is 8.87. The summed E-state index contributed by atoms with van der Waals surface area (Å²) in [5.41, 5.74) is 0.708. The van der Waals surface area contributed by atoms with Gasteiger partial charge in [0.25, 0.3) is 0 Å². The lowest BCUT2D eigenvalue weighted by molar-refractivity contribution is -0.113. The molecule has 1 amide bonds. The van der Waals surface area contributed by atoms with Crippen LogP contribution in [0.15, 0.2) is 71.6 Å². The van der Waals surface area contributed by atoms with Crippen LogP contribution < -0.4 is 5.32 Å². The van der Waals surface area contributed by atoms with Gasteiger partial charge in [0.1, 0.15) is 11.6 Å². The lowest BCUT2D eigenvalue weighted by Crippen LogP contribution is -2.27. The van der Waals surface area contributed by atoms with Gasteiger partial charge < -0.3 is 5.32 Å². The first-order chi connectivity index (χ1) is 14.3. The van der Waals surface area contributed by atoms with Gasteiger partial charge in [0.15, 0.2) is 21.4 Å². The second-order valence-corrected chi connectivity index (χ2v) is 8.68. The largest absolute Gasteiger partial charge is 0.324 e. The van der Waals surface area contributed by atoms with Crippen molar-refractivity contribution in [2.75, 3.05) is 11.1 Å². The molecule has 0 aliphatic heterocycles. The van der Waals surface area contributed by atoms with E-state index in [-0.39, 0.29) is 38.6 Å². The van der Waals surface area contributed by atoms with E-state index in [1.165, 1.54) is 24.3 Å². The number of halogens is 1. The molecule has 0 heterocycles. The van der Waals surface area contributed by atoms with Crippen LogP contribution in [0.3, 0.4) is 0 Å². The smallest absolute Gasteiger partial charge is 0.239 e. The third-order valence-corrected chi connectivity index (χ3v) is 6.35. The van der Waals surface area contributed by atoms with Crippen molar-refractivity contribution >= 4 is 33.0 Å². The molecule has 0 spiro atoms. The van der Waals surface area contributed by atoms with Gasteiger partial charge in [-0.3, -0.25) is 14.4 Å². The summed E-state index contributed by atoms with van der Waals surface area (Å²) in [5.74, 6) is -3.17. The van der Waals surface area contributed by atoms with Gasteiger partial charge in [-0.15, -0.1) is 0 Å². The van der Waals surface area contributed by atoms with Crippen LogP contribution in [0.2, 0.25) is 0 Å². The van der Waals surface area contributed by atoms with Gasteiger partial charge in [-0.05, 0) is 30.3 Å². The van der Waals surface area contributed by atoms with E-state index in [2.05, 4.69) is 5.32 Å². The Balaban J connectivity index is 1.64. The third-order valence-electron chi connectivity index (χ3n) is 4.72. The van der Waals surface area contributed by atoms with Crippen LogP contribution in [0.1, 0.15) is 31.8 Å². The molecule has 1 aliphatic carbocycles. The maximum absolute atomic E-state index is 13.0. The van der Waals surface area contributed by atoms with E-state index in [4.69, 9.17) is 0 Å². The molecule has 0 bridgehead atoms. The summed E-state index contributed by atoms with van der Waals surface area (Å²) < 4.78 is 37.8. The Morgan fingerprint density at radius 1 is 0.800 bits per heavy atom. The topological polar surface area (TPSA) is 97.4 Å². The average Bonchev–Trinajstić information content (AvgIpc) is 2.72. The number of nitrogens with one attached hydrogen (secondary N) is 1. The summed E-state index contributed by atoms with van der Waals surface area (Å²) in [5, 5.41) is 2.42. The fraction of sp³-hybridized carbons (Fsp3) is 0.0455. The second-order valence-electron chi connectivity index (χ2n) is 6.69. The van der Waals surface area contributed by atoms with Crippen molar-refractivity contribution in [1.82, 2.24) is 0 Å². The molecule has 0 radical (unpaired) electrons. The normalized spacial score (nSPS) is 12.8. The van der Waals surface area contributed by atoms with Crippen LogP contribution in [0.25, 0.3) is 0 Å². The molecular formula is C22H14FNO5S. The molecule has 1 N–H and O–H groups in total. The summed E-state index contributed by atoms with van der Waals surface area (Å²) in [7, 11) is -4.02. The van der Waals surface area contributed by atoms with Crippen LogP contribution in [0.5, 0.6) is 0 Å². The maximum Gasteiger partial charge on any atom is 0.239 e. The van der Waals surface area contributed by atoms with Crippen LogP contribution >= 0.6 is 0 Å². The van der Waals surface area contributed by atoms with Gasteiger partial charge in [-0.2, -0.15) is 0 Å². The van der Waals surface area contributed by atoms with E-state index >= 15 is 0 Å². The Hall–Kier alpha value is -3.65. The molecule has 0 fully saturated rings. The van der Waals surface area contributed by atoms with E-state index in [1.54, 1.807) is 18.2 Å². The fourth-order valence-corrected chi connectivity index (χ4v) is 4.47. The monoisotopic (exact) mass is 423 g/mol. The molecular weight excluding hydrogens is 409 g/mol. The zero-order chi connectivity index (χ0) is 21.5. The van der Waals surface area contributed by atoms with Gasteiger partial charge in [0.05, 0.1) is 16.1 Å². The van der Waals surface area contributed by atoms with Crippen molar-refractivity contribution in [3.8, 4) is 0 Å². The Labute approximate surface area is 171 Å². The van der Waals surface area contributed by atoms with Crippen LogP contribution in [0.4, 0.5) is 10.1 Å². The summed E-state index contributed by atoms with van der Waals surface area (Å²) >= 11 is 0. The number of carbonyl (C=O) groups is 3. The van der Waals surface area contributed by atoms with Gasteiger partial charge in [-0.25, -0.2) is 12.8 Å². The zero-order valence-electron chi connectivity index (χ0n) is 15.4. The lowest BCUT2D eigenvalue weighted by Gasteiger charge is -2.20. The number of hydrogen-bond acceptors (Lipinski definition) is 5. The number of sulfone groups is 1. The van der Waals surface area contributed by atoms with Crippen molar-refractivity contribution in [3.05, 3.63) is 94.8 Å². The maximum atomic E-state index is 13.0. The van der Waals surface area contributed by atoms with E-state index in [9.17, 15) is 27.2 Å². The van der Waals surface area contributed by atoms with Crippen molar-refractivity contribution < 1.29 is 27.2 Å². The molecule has 0 atom stereocenters. The van der Waals surface area contributed by atoms with Crippen LogP contribution in [-0.4, -0.2) is 31.6 Å². The molecule has 6 nitrogen and oxygen atoms in total. The Morgan fingerprint density at radius 3 is 2.07 bits per heavy atom. The summed E-state index contributed by atoms with van der Waals surface area (Å²) in [6, 6.07) is 14.9. The quantitative estimate of drug-likeness (QED) is 0.509. The highest BCUT2D eigenvalue weighted by Crippen LogP contribution is 2.32. The van der Waals surface area contributed by atoms with E-state index in [0.29, 0.717) is 0 Å². The molecule has 3 aromatic carbocycles. The predicted molar refractivity (Wildman–Crippen MR) is 107 cm³/mol. The predicted octanol–water partition coefficient (Wildman–Crippen LogP) is 3.01. The van der Waals surface area contributed by atoms with Crippen molar-refractivity contribution in [2.45, 2.75) is 4.90 Å². The standard InChI is InChI=1S/C22H14FNO5S/c23-13-8-10-14(11-9-13)30(28,29)12-19(25)24-18-7-3-6-17-20(18)22(27)16-5-2-1-4-15(16)21(17)26/h1-11H,12H2,(H,24,25). The van der Waals surface area contributed by atoms with Crippen molar-refractivity contribution in [2.24, 2.45) is 0 Å². The lowest BCUT2D eigenvalue weighted by atomic mass is 9.83. The molecule has 8 heteroatoms. The Bertz CT molecular complexity index is 1310. The first kappa shape index (κ1) is 19.7. The number of benzene rings is 3. The summed E-state index contributed by atoms with van der Waals surface area (Å²) in [4.78, 5) is 37.9. The van der Waals surface area contributed by atoms with Crippen LogP contribution in [0, 0.1) is 5.82 Å². The zero-order valence-corrected chi connectivity index (χ0v) is 16.2. The van der Waals surface area contributed by atoms with Crippen molar-refractivity contribution in [3.63, 3.8) is 0 Å². The van der Waals surface area contributed by atoms with Gasteiger partial charge >= 0.3 is 0 Å². The Kier molecular flexibility index (Phi) is 4.79. The number of ketones is 2. The molecule has 0 saturated heterocycles. The number of hydrogen-bond donors (Lipinski definition) is 1. The highest BCUT2D eigenvalue weighted by atomic mass is 32.2. The number of anilines is 1. The van der Waals surface area contributed by atoms with E-state index in [0.717, 1.165) is 24.3 Å². The molecule has 150 valence electrons. The molecule has 3 aromatic rings. The minimum atomic E-state index is -4.02. The fourth-order valence-electron chi connectivity index (χ4n) is 3.33. The third kappa shape index (κ3) is 3.42. The second kappa shape index (κ2) is 7.31. The van der Waals surface area contributed by atoms with Gasteiger partial charge in [0, 0.05) is 16.7 Å². The molecule has 0 unspecified atom stereocenters. The van der Waals surface area contributed by atoms with Crippen LogP contribution in [-0.2, 0) is 14.6 Å². The molecule has 1 aliphatic rings. The summed E-state index contributed by atoms with van der Waals surface area (Å²) in [6.45, 7) is 0.